The second-order valence-corrected chi connectivity index (χ2v) is 6.22. The van der Waals surface area contributed by atoms with Crippen molar-refractivity contribution in [2.24, 2.45) is 0 Å². The highest BCUT2D eigenvalue weighted by Gasteiger charge is 2.22. The third-order valence-corrected chi connectivity index (χ3v) is 4.16. The zero-order valence-electron chi connectivity index (χ0n) is 14.1. The van der Waals surface area contributed by atoms with E-state index in [-0.39, 0.29) is 23.7 Å². The minimum absolute atomic E-state index is 0.00779. The number of rotatable bonds is 4. The number of para-hydroxylation sites is 1. The molecule has 2 aromatic carbocycles. The number of aromatic nitrogens is 1. The van der Waals surface area contributed by atoms with Gasteiger partial charge in [-0.2, -0.15) is 0 Å². The molecule has 1 heterocycles. The number of aromatic amines is 1. The van der Waals surface area contributed by atoms with E-state index >= 15 is 0 Å². The van der Waals surface area contributed by atoms with Crippen LogP contribution in [0, 0.1) is 5.82 Å². The molecule has 0 spiro atoms. The zero-order chi connectivity index (χ0) is 18.0. The molecule has 25 heavy (non-hydrogen) atoms. The van der Waals surface area contributed by atoms with Crippen LogP contribution in [0.4, 0.5) is 4.39 Å². The number of hydrogen-bond acceptors (Lipinski definition) is 2. The van der Waals surface area contributed by atoms with Gasteiger partial charge in [-0.3, -0.25) is 9.59 Å². The summed E-state index contributed by atoms with van der Waals surface area (Å²) in [6.07, 6.45) is 0. The molecule has 0 saturated carbocycles. The topological polar surface area (TPSA) is 53.2 Å². The molecule has 0 aliphatic carbocycles. The predicted octanol–water partition coefficient (Wildman–Crippen LogP) is 3.72. The highest BCUT2D eigenvalue weighted by molar-refractivity contribution is 5.94. The van der Waals surface area contributed by atoms with Crippen LogP contribution in [0.1, 0.15) is 29.8 Å². The molecule has 1 aromatic heterocycles. The van der Waals surface area contributed by atoms with Crippen molar-refractivity contribution in [3.8, 4) is 0 Å². The van der Waals surface area contributed by atoms with Crippen LogP contribution < -0.4 is 5.56 Å². The Labute approximate surface area is 144 Å². The van der Waals surface area contributed by atoms with Crippen LogP contribution in [0.15, 0.2) is 59.4 Å². The summed E-state index contributed by atoms with van der Waals surface area (Å²) >= 11 is 0. The number of amides is 1. The normalized spacial score (nSPS) is 11.0. The van der Waals surface area contributed by atoms with Crippen LogP contribution in [-0.2, 0) is 6.54 Å². The van der Waals surface area contributed by atoms with Crippen LogP contribution in [0.5, 0.6) is 0 Å². The van der Waals surface area contributed by atoms with Gasteiger partial charge in [-0.1, -0.05) is 30.3 Å². The molecule has 3 aromatic rings. The number of hydrogen-bond donors (Lipinski definition) is 1. The number of H-pyrrole nitrogens is 1. The summed E-state index contributed by atoms with van der Waals surface area (Å²) in [5.41, 5.74) is 0.976. The molecule has 5 heteroatoms. The Morgan fingerprint density at radius 1 is 1.12 bits per heavy atom. The second kappa shape index (κ2) is 6.89. The SMILES string of the molecule is CC(C)N(Cc1cc2ccccc2[nH]c1=O)C(=O)c1ccccc1F. The standard InChI is InChI=1S/C20H19FN2O2/c1-13(2)23(20(25)16-8-4-5-9-17(16)21)12-15-11-14-7-3-6-10-18(14)22-19(15)24/h3-11,13H,12H2,1-2H3,(H,22,24). The summed E-state index contributed by atoms with van der Waals surface area (Å²) < 4.78 is 14.0. The lowest BCUT2D eigenvalue weighted by molar-refractivity contribution is 0.0685. The maximum atomic E-state index is 14.0. The maximum absolute atomic E-state index is 14.0. The highest BCUT2D eigenvalue weighted by Crippen LogP contribution is 2.16. The Hall–Kier alpha value is -2.95. The fraction of sp³-hybridized carbons (Fsp3) is 0.200. The van der Waals surface area contributed by atoms with Gasteiger partial charge in [0.2, 0.25) is 0 Å². The van der Waals surface area contributed by atoms with E-state index in [9.17, 15) is 14.0 Å². The van der Waals surface area contributed by atoms with Crippen molar-refractivity contribution in [2.75, 3.05) is 0 Å². The van der Waals surface area contributed by atoms with Gasteiger partial charge < -0.3 is 9.88 Å². The van der Waals surface area contributed by atoms with Crippen LogP contribution in [0.25, 0.3) is 10.9 Å². The van der Waals surface area contributed by atoms with Crippen LogP contribution in [-0.4, -0.2) is 21.8 Å². The van der Waals surface area contributed by atoms with Crippen LogP contribution in [0.2, 0.25) is 0 Å². The average molecular weight is 338 g/mol. The van der Waals surface area contributed by atoms with E-state index in [2.05, 4.69) is 4.98 Å². The molecule has 0 radical (unpaired) electrons. The summed E-state index contributed by atoms with van der Waals surface area (Å²) in [5, 5.41) is 0.888. The first kappa shape index (κ1) is 16.9. The summed E-state index contributed by atoms with van der Waals surface area (Å²) in [6, 6.07) is 14.9. The van der Waals surface area contributed by atoms with Crippen molar-refractivity contribution in [3.63, 3.8) is 0 Å². The molecular formula is C20H19FN2O2. The van der Waals surface area contributed by atoms with E-state index in [4.69, 9.17) is 0 Å². The van der Waals surface area contributed by atoms with Crippen molar-refractivity contribution < 1.29 is 9.18 Å². The van der Waals surface area contributed by atoms with Gasteiger partial charge in [0, 0.05) is 17.1 Å². The molecule has 4 nitrogen and oxygen atoms in total. The van der Waals surface area contributed by atoms with Crippen LogP contribution in [0.3, 0.4) is 0 Å². The minimum atomic E-state index is -0.564. The monoisotopic (exact) mass is 338 g/mol. The maximum Gasteiger partial charge on any atom is 0.257 e. The van der Waals surface area contributed by atoms with Crippen molar-refractivity contribution in [2.45, 2.75) is 26.4 Å². The minimum Gasteiger partial charge on any atom is -0.332 e. The number of carbonyl (C=O) groups excluding carboxylic acids is 1. The van der Waals surface area contributed by atoms with E-state index in [1.807, 2.05) is 38.1 Å². The first-order valence-electron chi connectivity index (χ1n) is 8.14. The van der Waals surface area contributed by atoms with E-state index in [1.54, 1.807) is 18.2 Å². The number of halogens is 1. The fourth-order valence-corrected chi connectivity index (χ4v) is 2.77. The molecule has 0 fully saturated rings. The molecule has 1 amide bonds. The molecular weight excluding hydrogens is 319 g/mol. The molecule has 0 bridgehead atoms. The van der Waals surface area contributed by atoms with Gasteiger partial charge in [0.1, 0.15) is 5.82 Å². The summed E-state index contributed by atoms with van der Waals surface area (Å²) in [6.45, 7) is 3.80. The first-order valence-corrected chi connectivity index (χ1v) is 8.14. The van der Waals surface area contributed by atoms with Gasteiger partial charge in [0.25, 0.3) is 11.5 Å². The molecule has 0 saturated heterocycles. The number of nitrogens with one attached hydrogen (secondary N) is 1. The lowest BCUT2D eigenvalue weighted by atomic mass is 10.1. The Morgan fingerprint density at radius 2 is 1.80 bits per heavy atom. The number of nitrogens with zero attached hydrogens (tertiary/aromatic N) is 1. The summed E-state index contributed by atoms with van der Waals surface area (Å²) in [7, 11) is 0. The molecule has 0 aliphatic rings. The van der Waals surface area contributed by atoms with Crippen molar-refractivity contribution in [3.05, 3.63) is 81.9 Å². The lowest BCUT2D eigenvalue weighted by Gasteiger charge is -2.27. The smallest absolute Gasteiger partial charge is 0.257 e. The van der Waals surface area contributed by atoms with Crippen LogP contribution >= 0.6 is 0 Å². The molecule has 0 aliphatic heterocycles. The third kappa shape index (κ3) is 3.45. The molecule has 128 valence electrons. The fourth-order valence-electron chi connectivity index (χ4n) is 2.77. The van der Waals surface area contributed by atoms with Gasteiger partial charge in [-0.05, 0) is 43.5 Å². The van der Waals surface area contributed by atoms with Gasteiger partial charge in [-0.25, -0.2) is 4.39 Å². The van der Waals surface area contributed by atoms with E-state index < -0.39 is 11.7 Å². The largest absolute Gasteiger partial charge is 0.332 e. The Bertz CT molecular complexity index is 979. The average Bonchev–Trinajstić information content (AvgIpc) is 2.59. The summed E-state index contributed by atoms with van der Waals surface area (Å²) in [4.78, 5) is 29.4. The van der Waals surface area contributed by atoms with Crippen molar-refractivity contribution >= 4 is 16.8 Å². The van der Waals surface area contributed by atoms with Gasteiger partial charge in [0.05, 0.1) is 12.1 Å². The van der Waals surface area contributed by atoms with E-state index in [0.29, 0.717) is 5.56 Å². The first-order chi connectivity index (χ1) is 12.0. The Morgan fingerprint density at radius 3 is 2.52 bits per heavy atom. The van der Waals surface area contributed by atoms with Gasteiger partial charge in [0.15, 0.2) is 0 Å². The van der Waals surface area contributed by atoms with Crippen molar-refractivity contribution in [1.82, 2.24) is 9.88 Å². The van der Waals surface area contributed by atoms with Crippen molar-refractivity contribution in [1.29, 1.82) is 0 Å². The molecule has 3 rings (SSSR count). The van der Waals surface area contributed by atoms with Gasteiger partial charge in [-0.15, -0.1) is 0 Å². The number of benzene rings is 2. The lowest BCUT2D eigenvalue weighted by Crippen LogP contribution is -2.38. The molecule has 0 unspecified atom stereocenters. The van der Waals surface area contributed by atoms with Gasteiger partial charge >= 0.3 is 0 Å². The van der Waals surface area contributed by atoms with E-state index in [0.717, 1.165) is 10.9 Å². The Balaban J connectivity index is 1.98. The quantitative estimate of drug-likeness (QED) is 0.788. The number of carbonyl (C=O) groups is 1. The molecule has 0 atom stereocenters. The predicted molar refractivity (Wildman–Crippen MR) is 96.0 cm³/mol. The van der Waals surface area contributed by atoms with E-state index in [1.165, 1.54) is 17.0 Å². The Kier molecular flexibility index (Phi) is 4.65. The second-order valence-electron chi connectivity index (χ2n) is 6.22. The third-order valence-electron chi connectivity index (χ3n) is 4.16. The highest BCUT2D eigenvalue weighted by atomic mass is 19.1. The summed E-state index contributed by atoms with van der Waals surface area (Å²) in [5.74, 6) is -0.994. The molecule has 1 N–H and O–H groups in total. The number of fused-ring (bicyclic) bond motifs is 1. The number of pyridine rings is 1. The zero-order valence-corrected chi connectivity index (χ0v) is 14.1.